The average molecular weight is 395 g/mol. The molecule has 3 rings (SSSR count). The van der Waals surface area contributed by atoms with Crippen LogP contribution in [0.5, 0.6) is 0 Å². The summed E-state index contributed by atoms with van der Waals surface area (Å²) in [6, 6.07) is 11.7. The Hall–Kier alpha value is -2.15. The number of nitrogens with zero attached hydrogens (tertiary/aromatic N) is 2. The van der Waals surface area contributed by atoms with E-state index in [2.05, 4.69) is 4.98 Å². The van der Waals surface area contributed by atoms with E-state index in [0.29, 0.717) is 31.9 Å². The molecule has 1 fully saturated rings. The van der Waals surface area contributed by atoms with Gasteiger partial charge in [-0.15, -0.1) is 0 Å². The van der Waals surface area contributed by atoms with E-state index in [1.165, 1.54) is 12.1 Å². The highest BCUT2D eigenvalue weighted by Crippen LogP contribution is 2.25. The van der Waals surface area contributed by atoms with Crippen molar-refractivity contribution in [3.8, 4) is 0 Å². The highest BCUT2D eigenvalue weighted by atomic mass is 35.5. The molecule has 1 aliphatic rings. The topological polar surface area (TPSA) is 68.7 Å². The van der Waals surface area contributed by atoms with Crippen LogP contribution in [0.1, 0.15) is 22.2 Å². The Balaban J connectivity index is 1.87. The fraction of sp³-hybridized carbons (Fsp3) is 0.278. The van der Waals surface area contributed by atoms with Crippen molar-refractivity contribution in [2.24, 2.45) is 0 Å². The standard InChI is InChI=1S/C18H16Cl2N2O4/c19-13-6-7-14(20)21-15(13)18(24)26-16(12-4-2-1-3-5-12)17(23)22-8-10-25-11-9-22/h1-7,16H,8-11H2/t16-/m0/s1. The second-order valence-electron chi connectivity index (χ2n) is 5.60. The summed E-state index contributed by atoms with van der Waals surface area (Å²) in [7, 11) is 0. The SMILES string of the molecule is O=C(O[C@H](C(=O)N1CCOCC1)c1ccccc1)c1nc(Cl)ccc1Cl. The molecule has 1 aromatic heterocycles. The molecule has 2 aromatic rings. The van der Waals surface area contributed by atoms with E-state index in [0.717, 1.165) is 0 Å². The van der Waals surface area contributed by atoms with E-state index < -0.39 is 12.1 Å². The van der Waals surface area contributed by atoms with Crippen molar-refractivity contribution in [3.05, 3.63) is 63.9 Å². The molecule has 0 saturated carbocycles. The van der Waals surface area contributed by atoms with E-state index in [9.17, 15) is 9.59 Å². The van der Waals surface area contributed by atoms with Crippen LogP contribution >= 0.6 is 23.2 Å². The lowest BCUT2D eigenvalue weighted by molar-refractivity contribution is -0.145. The van der Waals surface area contributed by atoms with Gasteiger partial charge in [-0.3, -0.25) is 4.79 Å². The van der Waals surface area contributed by atoms with Gasteiger partial charge in [-0.1, -0.05) is 53.5 Å². The predicted molar refractivity (Wildman–Crippen MR) is 96.3 cm³/mol. The Morgan fingerprint density at radius 3 is 2.46 bits per heavy atom. The number of amides is 1. The number of carbonyl (C=O) groups is 2. The van der Waals surface area contributed by atoms with Gasteiger partial charge in [0, 0.05) is 18.7 Å². The first-order chi connectivity index (χ1) is 12.6. The fourth-order valence-electron chi connectivity index (χ4n) is 2.56. The molecule has 1 atom stereocenters. The van der Waals surface area contributed by atoms with Gasteiger partial charge in [-0.05, 0) is 12.1 Å². The van der Waals surface area contributed by atoms with Crippen LogP contribution in [-0.4, -0.2) is 48.1 Å². The van der Waals surface area contributed by atoms with Gasteiger partial charge in [0.15, 0.2) is 5.69 Å². The maximum absolute atomic E-state index is 12.9. The van der Waals surface area contributed by atoms with E-state index in [1.54, 1.807) is 29.2 Å². The van der Waals surface area contributed by atoms with Gasteiger partial charge >= 0.3 is 5.97 Å². The van der Waals surface area contributed by atoms with Gasteiger partial charge in [0.05, 0.1) is 18.2 Å². The molecule has 0 spiro atoms. The molecular weight excluding hydrogens is 379 g/mol. The Kier molecular flexibility index (Phi) is 6.08. The Morgan fingerprint density at radius 1 is 1.08 bits per heavy atom. The van der Waals surface area contributed by atoms with Crippen molar-refractivity contribution in [2.75, 3.05) is 26.3 Å². The van der Waals surface area contributed by atoms with Crippen molar-refractivity contribution in [1.29, 1.82) is 0 Å². The van der Waals surface area contributed by atoms with Crippen LogP contribution in [-0.2, 0) is 14.3 Å². The second-order valence-corrected chi connectivity index (χ2v) is 6.39. The number of pyridine rings is 1. The molecular formula is C18H16Cl2N2O4. The highest BCUT2D eigenvalue weighted by molar-refractivity contribution is 6.34. The van der Waals surface area contributed by atoms with E-state index in [-0.39, 0.29) is 21.8 Å². The number of benzene rings is 1. The maximum atomic E-state index is 12.9. The Bertz CT molecular complexity index is 795. The molecule has 26 heavy (non-hydrogen) atoms. The summed E-state index contributed by atoms with van der Waals surface area (Å²) < 4.78 is 10.8. The molecule has 1 amide bonds. The minimum absolute atomic E-state index is 0.102. The van der Waals surface area contributed by atoms with Gasteiger partial charge in [0.1, 0.15) is 5.15 Å². The fourth-order valence-corrected chi connectivity index (χ4v) is 2.89. The average Bonchev–Trinajstić information content (AvgIpc) is 2.68. The van der Waals surface area contributed by atoms with Gasteiger partial charge in [0.25, 0.3) is 5.91 Å². The zero-order chi connectivity index (χ0) is 18.5. The minimum atomic E-state index is -1.10. The predicted octanol–water partition coefficient (Wildman–Crippen LogP) is 3.15. The molecule has 0 aliphatic carbocycles. The molecule has 6 nitrogen and oxygen atoms in total. The molecule has 0 N–H and O–H groups in total. The molecule has 8 heteroatoms. The van der Waals surface area contributed by atoms with Crippen molar-refractivity contribution in [1.82, 2.24) is 9.88 Å². The van der Waals surface area contributed by atoms with Crippen LogP contribution in [0.3, 0.4) is 0 Å². The minimum Gasteiger partial charge on any atom is -0.443 e. The third kappa shape index (κ3) is 4.33. The molecule has 1 aromatic carbocycles. The maximum Gasteiger partial charge on any atom is 0.359 e. The lowest BCUT2D eigenvalue weighted by Gasteiger charge is -2.30. The normalized spacial score (nSPS) is 15.4. The van der Waals surface area contributed by atoms with Crippen molar-refractivity contribution in [2.45, 2.75) is 6.10 Å². The van der Waals surface area contributed by atoms with Gasteiger partial charge in [-0.2, -0.15) is 0 Å². The molecule has 1 aliphatic heterocycles. The van der Waals surface area contributed by atoms with Gasteiger partial charge < -0.3 is 14.4 Å². The smallest absolute Gasteiger partial charge is 0.359 e. The van der Waals surface area contributed by atoms with Gasteiger partial charge in [0.2, 0.25) is 6.10 Å². The Labute approximate surface area is 160 Å². The summed E-state index contributed by atoms with van der Waals surface area (Å²) in [6.07, 6.45) is -1.10. The van der Waals surface area contributed by atoms with Crippen LogP contribution in [0.4, 0.5) is 0 Å². The van der Waals surface area contributed by atoms with Crippen LogP contribution in [0.25, 0.3) is 0 Å². The van der Waals surface area contributed by atoms with E-state index >= 15 is 0 Å². The summed E-state index contributed by atoms with van der Waals surface area (Å²) in [5.74, 6) is -1.13. The van der Waals surface area contributed by atoms with Crippen LogP contribution < -0.4 is 0 Å². The quantitative estimate of drug-likeness (QED) is 0.588. The monoisotopic (exact) mass is 394 g/mol. The number of hydrogen-bond donors (Lipinski definition) is 0. The summed E-state index contributed by atoms with van der Waals surface area (Å²) in [5.41, 5.74) is 0.436. The number of halogens is 2. The first kappa shape index (κ1) is 18.6. The summed E-state index contributed by atoms with van der Waals surface area (Å²) in [6.45, 7) is 1.78. The summed E-state index contributed by atoms with van der Waals surface area (Å²) in [5, 5.41) is 0.210. The number of hydrogen-bond acceptors (Lipinski definition) is 5. The lowest BCUT2D eigenvalue weighted by Crippen LogP contribution is -2.44. The number of ether oxygens (including phenoxy) is 2. The van der Waals surface area contributed by atoms with Crippen molar-refractivity contribution in [3.63, 3.8) is 0 Å². The molecule has 136 valence electrons. The summed E-state index contributed by atoms with van der Waals surface area (Å²) >= 11 is 11.8. The van der Waals surface area contributed by atoms with Crippen molar-refractivity contribution >= 4 is 35.1 Å². The Morgan fingerprint density at radius 2 is 1.77 bits per heavy atom. The zero-order valence-corrected chi connectivity index (χ0v) is 15.2. The number of aromatic nitrogens is 1. The number of esters is 1. The number of carbonyl (C=O) groups excluding carboxylic acids is 2. The van der Waals surface area contributed by atoms with E-state index in [1.807, 2.05) is 6.07 Å². The largest absolute Gasteiger partial charge is 0.443 e. The molecule has 1 saturated heterocycles. The van der Waals surface area contributed by atoms with Crippen molar-refractivity contribution < 1.29 is 19.1 Å². The summed E-state index contributed by atoms with van der Waals surface area (Å²) in [4.78, 5) is 31.0. The van der Waals surface area contributed by atoms with Crippen LogP contribution in [0.2, 0.25) is 10.2 Å². The molecule has 2 heterocycles. The van der Waals surface area contributed by atoms with Crippen LogP contribution in [0.15, 0.2) is 42.5 Å². The molecule has 0 unspecified atom stereocenters. The lowest BCUT2D eigenvalue weighted by atomic mass is 10.1. The van der Waals surface area contributed by atoms with Crippen LogP contribution in [0, 0.1) is 0 Å². The number of morpholine rings is 1. The highest BCUT2D eigenvalue weighted by Gasteiger charge is 2.31. The zero-order valence-electron chi connectivity index (χ0n) is 13.7. The second kappa shape index (κ2) is 8.49. The third-order valence-electron chi connectivity index (χ3n) is 3.88. The van der Waals surface area contributed by atoms with Gasteiger partial charge in [-0.25, -0.2) is 9.78 Å². The van der Waals surface area contributed by atoms with E-state index in [4.69, 9.17) is 32.7 Å². The first-order valence-corrected chi connectivity index (χ1v) is 8.76. The molecule has 0 bridgehead atoms. The molecule has 0 radical (unpaired) electrons. The first-order valence-electron chi connectivity index (χ1n) is 8.01. The third-order valence-corrected chi connectivity index (χ3v) is 4.40. The number of rotatable bonds is 4.